The third-order valence-electron chi connectivity index (χ3n) is 7.04. The van der Waals surface area contributed by atoms with Gasteiger partial charge >= 0.3 is 11.4 Å². The van der Waals surface area contributed by atoms with Crippen LogP contribution >= 0.6 is 34.7 Å². The van der Waals surface area contributed by atoms with Gasteiger partial charge in [-0.3, -0.25) is 8.74 Å². The van der Waals surface area contributed by atoms with Crippen molar-refractivity contribution < 1.29 is 30.5 Å². The van der Waals surface area contributed by atoms with Gasteiger partial charge in [-0.2, -0.15) is 8.78 Å². The van der Waals surface area contributed by atoms with Gasteiger partial charge in [-0.25, -0.2) is 8.42 Å². The van der Waals surface area contributed by atoms with Crippen LogP contribution in [0.5, 0.6) is 0 Å². The topological polar surface area (TPSA) is 111 Å². The van der Waals surface area contributed by atoms with Gasteiger partial charge in [0.1, 0.15) is 4.70 Å². The molecule has 13 heteroatoms. The highest BCUT2D eigenvalue weighted by atomic mass is 35.5. The Morgan fingerprint density at radius 2 is 1.91 bits per heavy atom. The molecule has 1 aromatic heterocycles. The Bertz CT molecular complexity index is 1840. The second-order valence-corrected chi connectivity index (χ2v) is 14.8. The van der Waals surface area contributed by atoms with Crippen molar-refractivity contribution >= 4 is 78.2 Å². The van der Waals surface area contributed by atoms with E-state index in [1.165, 1.54) is 0 Å². The van der Waals surface area contributed by atoms with Gasteiger partial charge < -0.3 is 9.45 Å². The number of anilines is 1. The predicted molar refractivity (Wildman–Crippen MR) is 179 cm³/mol. The van der Waals surface area contributed by atoms with Crippen molar-refractivity contribution in [3.05, 3.63) is 93.4 Å². The molecule has 0 radical (unpaired) electrons. The van der Waals surface area contributed by atoms with E-state index in [9.17, 15) is 17.2 Å². The zero-order valence-corrected chi connectivity index (χ0v) is 27.9. The first-order valence-electron chi connectivity index (χ1n) is 14.0. The van der Waals surface area contributed by atoms with Crippen LogP contribution in [0.25, 0.3) is 27.4 Å². The fraction of sp³-hybridized carbons (Fsp3) is 0.258. The smallest absolute Gasteiger partial charge is 0.301 e. The average molecular weight is 691 g/mol. The van der Waals surface area contributed by atoms with Crippen LogP contribution in [0.1, 0.15) is 31.2 Å². The van der Waals surface area contributed by atoms with Crippen LogP contribution in [0, 0.1) is 0 Å². The maximum atomic E-state index is 11.4. The number of fused-ring (bicyclic) bond motifs is 2. The van der Waals surface area contributed by atoms with E-state index in [2.05, 4.69) is 58.9 Å². The number of thioether (sulfide) groups is 1. The lowest BCUT2D eigenvalue weighted by Crippen LogP contribution is -2.36. The second-order valence-electron chi connectivity index (χ2n) is 10.1. The lowest BCUT2D eigenvalue weighted by molar-refractivity contribution is -0.668. The van der Waals surface area contributed by atoms with E-state index in [0.717, 1.165) is 54.0 Å². The van der Waals surface area contributed by atoms with Crippen LogP contribution in [0.4, 0.5) is 5.69 Å². The number of thiazole rings is 1. The third kappa shape index (κ3) is 8.38. The van der Waals surface area contributed by atoms with Crippen LogP contribution in [-0.2, 0) is 32.2 Å². The number of hydrogen-bond donors (Lipinski definition) is 1. The molecule has 1 unspecified atom stereocenters. The molecule has 0 bridgehead atoms. The van der Waals surface area contributed by atoms with Crippen LogP contribution in [0.15, 0.2) is 88.3 Å². The summed E-state index contributed by atoms with van der Waals surface area (Å²) in [5, 5.41) is 2.57. The largest absolute Gasteiger partial charge is 0.748 e. The van der Waals surface area contributed by atoms with Gasteiger partial charge in [0.15, 0.2) is 6.54 Å². The summed E-state index contributed by atoms with van der Waals surface area (Å²) < 4.78 is 62.1. The Hall–Kier alpha value is -2.55. The molecule has 3 aromatic carbocycles. The first-order chi connectivity index (χ1) is 21.1. The van der Waals surface area contributed by atoms with Crippen molar-refractivity contribution in [3.8, 4) is 11.1 Å². The van der Waals surface area contributed by atoms with E-state index in [0.29, 0.717) is 24.5 Å². The Labute approximate surface area is 273 Å². The predicted octanol–water partition coefficient (Wildman–Crippen LogP) is 7.24. The fourth-order valence-corrected chi connectivity index (χ4v) is 8.18. The Morgan fingerprint density at radius 1 is 1.11 bits per heavy atom. The molecule has 44 heavy (non-hydrogen) atoms. The van der Waals surface area contributed by atoms with Gasteiger partial charge in [-0.15, -0.1) is 0 Å². The van der Waals surface area contributed by atoms with E-state index in [1.54, 1.807) is 23.1 Å². The van der Waals surface area contributed by atoms with Crippen molar-refractivity contribution in [3.63, 3.8) is 0 Å². The molecule has 4 aromatic rings. The highest BCUT2D eigenvalue weighted by Gasteiger charge is 2.26. The molecular formula is C31H31ClN2O6S4. The van der Waals surface area contributed by atoms with Gasteiger partial charge in [0.05, 0.1) is 27.4 Å². The second kappa shape index (κ2) is 14.7. The summed E-state index contributed by atoms with van der Waals surface area (Å²) >= 11 is 7.27. The molecule has 0 saturated carbocycles. The minimum absolute atomic E-state index is 0.135. The zero-order chi connectivity index (χ0) is 31.3. The molecule has 0 spiro atoms. The van der Waals surface area contributed by atoms with Crippen molar-refractivity contribution in [2.24, 2.45) is 0 Å². The molecule has 2 heterocycles. The maximum absolute atomic E-state index is 11.4. The molecule has 232 valence electrons. The summed E-state index contributed by atoms with van der Waals surface area (Å²) in [4.78, 5) is 3.20. The number of allylic oxidation sites excluding steroid dienone is 2. The maximum Gasteiger partial charge on any atom is 0.301 e. The zero-order valence-electron chi connectivity index (χ0n) is 23.8. The number of nitrogens with zero attached hydrogens (tertiary/aromatic N) is 2. The van der Waals surface area contributed by atoms with Crippen molar-refractivity contribution in [1.82, 2.24) is 0 Å². The summed E-state index contributed by atoms with van der Waals surface area (Å²) in [5.74, 6) is -0.427. The van der Waals surface area contributed by atoms with Gasteiger partial charge in [-0.1, -0.05) is 78.0 Å². The quantitative estimate of drug-likeness (QED) is 0.0677. The summed E-state index contributed by atoms with van der Waals surface area (Å²) in [6.07, 6.45) is 5.74. The summed E-state index contributed by atoms with van der Waals surface area (Å²) in [6, 6.07) is 22.1. The van der Waals surface area contributed by atoms with Gasteiger partial charge in [0, 0.05) is 40.8 Å². The van der Waals surface area contributed by atoms with E-state index >= 15 is 0 Å². The molecule has 0 fully saturated rings. The van der Waals surface area contributed by atoms with Crippen LogP contribution in [-0.4, -0.2) is 40.6 Å². The normalized spacial score (nSPS) is 15.3. The van der Waals surface area contributed by atoms with Crippen LogP contribution < -0.4 is 9.47 Å². The Balaban J connectivity index is 1.52. The fourth-order valence-electron chi connectivity index (χ4n) is 4.98. The molecule has 1 aliphatic rings. The molecule has 1 aliphatic heterocycles. The van der Waals surface area contributed by atoms with E-state index < -0.39 is 27.2 Å². The number of benzene rings is 3. The van der Waals surface area contributed by atoms with E-state index in [1.807, 2.05) is 36.4 Å². The number of aryl methyl sites for hydroxylation is 1. The molecule has 1 N–H and O–H groups in total. The number of rotatable bonds is 13. The SMILES string of the molecule is CCC(=Cc1sc2ccc(-c3ccccc3)cc2[n+]1CCCS(=O)(=O)[O-])C=C1Sc2ccc(Cl)cc2N1CCCOS(=O)O. The number of hydrogen-bond acceptors (Lipinski definition) is 8. The summed E-state index contributed by atoms with van der Waals surface area (Å²) in [7, 11) is -4.33. The van der Waals surface area contributed by atoms with Gasteiger partial charge in [0.25, 0.3) is 5.01 Å². The minimum atomic E-state index is -4.33. The lowest BCUT2D eigenvalue weighted by Gasteiger charge is -2.20. The third-order valence-corrected chi connectivity index (χ3v) is 10.7. The first kappa shape index (κ1) is 32.8. The molecule has 5 rings (SSSR count). The average Bonchev–Trinajstić information content (AvgIpc) is 3.50. The highest BCUT2D eigenvalue weighted by molar-refractivity contribution is 8.03. The standard InChI is InChI=1S/C31H31ClN2O6S4/c1-2-22(18-30-33(14-6-16-40-43(35)36)27-21-25(32)11-13-29(27)42-30)19-31-34(15-7-17-44(37,38)39)26-20-24(10-12-28(26)41-31)23-8-4-3-5-9-23/h3-5,8-13,18-21H,2,6-7,14-17H2,1H3,(H-,35,36,37,38,39). The minimum Gasteiger partial charge on any atom is -0.748 e. The van der Waals surface area contributed by atoms with E-state index in [4.69, 9.17) is 20.3 Å². The first-order valence-corrected chi connectivity index (χ1v) is 18.6. The Morgan fingerprint density at radius 3 is 2.64 bits per heavy atom. The molecule has 1 atom stereocenters. The number of aromatic nitrogens is 1. The van der Waals surface area contributed by atoms with Crippen LogP contribution in [0.3, 0.4) is 0 Å². The highest BCUT2D eigenvalue weighted by Crippen LogP contribution is 2.47. The van der Waals surface area contributed by atoms with Crippen molar-refractivity contribution in [2.45, 2.75) is 37.6 Å². The van der Waals surface area contributed by atoms with Crippen molar-refractivity contribution in [1.29, 1.82) is 0 Å². The summed E-state index contributed by atoms with van der Waals surface area (Å²) in [6.45, 7) is 3.16. The van der Waals surface area contributed by atoms with Crippen LogP contribution in [0.2, 0.25) is 5.02 Å². The lowest BCUT2D eigenvalue weighted by atomic mass is 10.1. The molecular weight excluding hydrogens is 660 g/mol. The Kier molecular flexibility index (Phi) is 11.0. The van der Waals surface area contributed by atoms with Gasteiger partial charge in [-0.05, 0) is 59.9 Å². The van der Waals surface area contributed by atoms with E-state index in [-0.39, 0.29) is 13.0 Å². The molecule has 0 amide bonds. The van der Waals surface area contributed by atoms with Gasteiger partial charge in [0.2, 0.25) is 5.52 Å². The molecule has 0 aliphatic carbocycles. The molecule has 0 saturated heterocycles. The monoisotopic (exact) mass is 690 g/mol. The van der Waals surface area contributed by atoms with Crippen molar-refractivity contribution in [2.75, 3.05) is 23.8 Å². The number of halogens is 1. The molecule has 8 nitrogen and oxygen atoms in total. The summed E-state index contributed by atoms with van der Waals surface area (Å²) in [5.41, 5.74) is 5.15.